The zero-order valence-electron chi connectivity index (χ0n) is 11.2. The molecule has 1 heterocycles. The highest BCUT2D eigenvalue weighted by molar-refractivity contribution is 5.74. The number of aliphatic carboxylic acids is 1. The molecule has 0 aliphatic carbocycles. The largest absolute Gasteiger partial charge is 0.481 e. The number of carboxylic acids is 1. The number of rotatable bonds is 6. The second-order valence-corrected chi connectivity index (χ2v) is 4.50. The molecular formula is C13H19N3O3. The van der Waals surface area contributed by atoms with Crippen LogP contribution in [0.3, 0.4) is 0 Å². The summed E-state index contributed by atoms with van der Waals surface area (Å²) in [4.78, 5) is 27.8. The Hall–Kier alpha value is -2.11. The van der Waals surface area contributed by atoms with Crippen LogP contribution in [0.1, 0.15) is 25.3 Å². The molecule has 104 valence electrons. The number of nitrogens with one attached hydrogen (secondary N) is 1. The van der Waals surface area contributed by atoms with E-state index in [0.717, 1.165) is 5.56 Å². The van der Waals surface area contributed by atoms with Gasteiger partial charge in [0.05, 0.1) is 0 Å². The van der Waals surface area contributed by atoms with Crippen LogP contribution in [0.15, 0.2) is 24.5 Å². The molecule has 0 saturated carbocycles. The van der Waals surface area contributed by atoms with E-state index in [1.165, 1.54) is 4.90 Å². The van der Waals surface area contributed by atoms with Crippen LogP contribution >= 0.6 is 0 Å². The molecule has 6 heteroatoms. The lowest BCUT2D eigenvalue weighted by Crippen LogP contribution is -2.41. The predicted molar refractivity (Wildman–Crippen MR) is 70.6 cm³/mol. The van der Waals surface area contributed by atoms with Crippen molar-refractivity contribution in [1.29, 1.82) is 0 Å². The topological polar surface area (TPSA) is 82.5 Å². The first kappa shape index (κ1) is 14.9. The van der Waals surface area contributed by atoms with Crippen molar-refractivity contribution in [1.82, 2.24) is 15.2 Å². The Labute approximate surface area is 112 Å². The van der Waals surface area contributed by atoms with Crippen molar-refractivity contribution in [2.45, 2.75) is 32.4 Å². The van der Waals surface area contributed by atoms with Gasteiger partial charge in [0.2, 0.25) is 0 Å². The summed E-state index contributed by atoms with van der Waals surface area (Å²) in [5.74, 6) is -0.857. The van der Waals surface area contributed by atoms with Crippen molar-refractivity contribution < 1.29 is 14.7 Å². The first-order valence-corrected chi connectivity index (χ1v) is 6.11. The molecule has 0 saturated heterocycles. The molecule has 19 heavy (non-hydrogen) atoms. The summed E-state index contributed by atoms with van der Waals surface area (Å²) in [6.45, 7) is 2.25. The summed E-state index contributed by atoms with van der Waals surface area (Å²) in [7, 11) is 1.69. The third-order valence-electron chi connectivity index (χ3n) is 2.65. The lowest BCUT2D eigenvalue weighted by molar-refractivity contribution is -0.137. The molecule has 1 aromatic rings. The van der Waals surface area contributed by atoms with Crippen molar-refractivity contribution in [3.63, 3.8) is 0 Å². The maximum Gasteiger partial charge on any atom is 0.317 e. The first-order chi connectivity index (χ1) is 8.99. The molecule has 0 aromatic carbocycles. The number of carbonyl (C=O) groups is 2. The summed E-state index contributed by atoms with van der Waals surface area (Å²) < 4.78 is 0. The van der Waals surface area contributed by atoms with Gasteiger partial charge in [-0.3, -0.25) is 9.78 Å². The lowest BCUT2D eigenvalue weighted by Gasteiger charge is -2.21. The molecule has 0 radical (unpaired) electrons. The fraction of sp³-hybridized carbons (Fsp3) is 0.462. The summed E-state index contributed by atoms with van der Waals surface area (Å²) >= 11 is 0. The zero-order chi connectivity index (χ0) is 14.3. The van der Waals surface area contributed by atoms with Gasteiger partial charge in [-0.05, 0) is 25.0 Å². The smallest absolute Gasteiger partial charge is 0.317 e. The Morgan fingerprint density at radius 2 is 2.26 bits per heavy atom. The van der Waals surface area contributed by atoms with Gasteiger partial charge in [-0.25, -0.2) is 4.79 Å². The van der Waals surface area contributed by atoms with Gasteiger partial charge in [0.25, 0.3) is 0 Å². The van der Waals surface area contributed by atoms with Crippen molar-refractivity contribution in [3.8, 4) is 0 Å². The summed E-state index contributed by atoms with van der Waals surface area (Å²) in [5, 5.41) is 11.3. The number of nitrogens with zero attached hydrogens (tertiary/aromatic N) is 2. The van der Waals surface area contributed by atoms with Crippen LogP contribution in [0.5, 0.6) is 0 Å². The van der Waals surface area contributed by atoms with E-state index in [0.29, 0.717) is 13.0 Å². The molecular weight excluding hydrogens is 246 g/mol. The average Bonchev–Trinajstić information content (AvgIpc) is 2.37. The molecule has 1 rings (SSSR count). The summed E-state index contributed by atoms with van der Waals surface area (Å²) in [6.07, 6.45) is 3.85. The molecule has 1 atom stereocenters. The number of aromatic nitrogens is 1. The molecule has 0 fully saturated rings. The van der Waals surface area contributed by atoms with Crippen molar-refractivity contribution in [3.05, 3.63) is 30.1 Å². The number of hydrogen-bond donors (Lipinski definition) is 2. The van der Waals surface area contributed by atoms with Crippen LogP contribution in [0.2, 0.25) is 0 Å². The van der Waals surface area contributed by atoms with Gasteiger partial charge in [0.15, 0.2) is 0 Å². The molecule has 2 N–H and O–H groups in total. The highest BCUT2D eigenvalue weighted by Crippen LogP contribution is 2.02. The highest BCUT2D eigenvalue weighted by atomic mass is 16.4. The van der Waals surface area contributed by atoms with E-state index in [1.54, 1.807) is 26.4 Å². The molecule has 0 aliphatic rings. The van der Waals surface area contributed by atoms with E-state index in [9.17, 15) is 9.59 Å². The van der Waals surface area contributed by atoms with Gasteiger partial charge in [0, 0.05) is 38.4 Å². The van der Waals surface area contributed by atoms with Crippen LogP contribution in [0, 0.1) is 0 Å². The number of urea groups is 1. The minimum absolute atomic E-state index is 0.0494. The minimum Gasteiger partial charge on any atom is -0.481 e. The zero-order valence-corrected chi connectivity index (χ0v) is 11.2. The maximum atomic E-state index is 11.8. The Bertz CT molecular complexity index is 422. The van der Waals surface area contributed by atoms with E-state index in [4.69, 9.17) is 5.11 Å². The van der Waals surface area contributed by atoms with Gasteiger partial charge in [-0.1, -0.05) is 6.07 Å². The monoisotopic (exact) mass is 265 g/mol. The number of pyridine rings is 1. The number of carbonyl (C=O) groups excluding carboxylic acids is 1. The minimum atomic E-state index is -0.857. The van der Waals surface area contributed by atoms with Crippen molar-refractivity contribution in [2.24, 2.45) is 0 Å². The van der Waals surface area contributed by atoms with Crippen LogP contribution in [-0.2, 0) is 11.3 Å². The van der Waals surface area contributed by atoms with Gasteiger partial charge in [-0.15, -0.1) is 0 Å². The average molecular weight is 265 g/mol. The molecule has 6 nitrogen and oxygen atoms in total. The predicted octanol–water partition coefficient (Wildman–Crippen LogP) is 1.48. The number of amides is 2. The standard InChI is InChI=1S/C13H19N3O3/c1-10(5-6-12(17)18)15-13(19)16(2)9-11-4-3-7-14-8-11/h3-4,7-8,10H,5-6,9H2,1-2H3,(H,15,19)(H,17,18). The molecule has 1 unspecified atom stereocenters. The van der Waals surface area contributed by atoms with E-state index in [1.807, 2.05) is 12.1 Å². The summed E-state index contributed by atoms with van der Waals surface area (Å²) in [5.41, 5.74) is 0.943. The van der Waals surface area contributed by atoms with Gasteiger partial charge >= 0.3 is 12.0 Å². The van der Waals surface area contributed by atoms with Crippen LogP contribution < -0.4 is 5.32 Å². The number of carboxylic acid groups (broad SMARTS) is 1. The third-order valence-corrected chi connectivity index (χ3v) is 2.65. The summed E-state index contributed by atoms with van der Waals surface area (Å²) in [6, 6.07) is 3.32. The fourth-order valence-electron chi connectivity index (χ4n) is 1.57. The molecule has 0 bridgehead atoms. The normalized spacial score (nSPS) is 11.7. The molecule has 0 aliphatic heterocycles. The highest BCUT2D eigenvalue weighted by Gasteiger charge is 2.13. The van der Waals surface area contributed by atoms with E-state index >= 15 is 0 Å². The van der Waals surface area contributed by atoms with E-state index in [2.05, 4.69) is 10.3 Å². The Morgan fingerprint density at radius 1 is 1.53 bits per heavy atom. The van der Waals surface area contributed by atoms with E-state index in [-0.39, 0.29) is 18.5 Å². The molecule has 2 amide bonds. The van der Waals surface area contributed by atoms with Gasteiger partial charge in [0.1, 0.15) is 0 Å². The van der Waals surface area contributed by atoms with Crippen molar-refractivity contribution in [2.75, 3.05) is 7.05 Å². The SMILES string of the molecule is CC(CCC(=O)O)NC(=O)N(C)Cc1cccnc1. The lowest BCUT2D eigenvalue weighted by atomic mass is 10.2. The van der Waals surface area contributed by atoms with Crippen molar-refractivity contribution >= 4 is 12.0 Å². The maximum absolute atomic E-state index is 11.8. The Balaban J connectivity index is 2.38. The van der Waals surface area contributed by atoms with Crippen LogP contribution in [0.4, 0.5) is 4.79 Å². The van der Waals surface area contributed by atoms with Crippen LogP contribution in [-0.4, -0.2) is 40.1 Å². The fourth-order valence-corrected chi connectivity index (χ4v) is 1.57. The number of hydrogen-bond acceptors (Lipinski definition) is 3. The van der Waals surface area contributed by atoms with Gasteiger partial charge in [-0.2, -0.15) is 0 Å². The molecule has 0 spiro atoms. The Morgan fingerprint density at radius 3 is 2.84 bits per heavy atom. The first-order valence-electron chi connectivity index (χ1n) is 6.11. The van der Waals surface area contributed by atoms with E-state index < -0.39 is 5.97 Å². The Kier molecular flexibility index (Phi) is 5.78. The molecule has 1 aromatic heterocycles. The second-order valence-electron chi connectivity index (χ2n) is 4.50. The quantitative estimate of drug-likeness (QED) is 0.816. The van der Waals surface area contributed by atoms with Gasteiger partial charge < -0.3 is 15.3 Å². The second kappa shape index (κ2) is 7.35. The van der Waals surface area contributed by atoms with Crippen LogP contribution in [0.25, 0.3) is 0 Å². The third kappa shape index (κ3) is 5.85.